The van der Waals surface area contributed by atoms with Gasteiger partial charge in [0, 0.05) is 19.6 Å². The Bertz CT molecular complexity index is 378. The third-order valence-corrected chi connectivity index (χ3v) is 3.68. The van der Waals surface area contributed by atoms with E-state index in [1.54, 1.807) is 6.07 Å². The lowest BCUT2D eigenvalue weighted by Crippen LogP contribution is -2.35. The molecule has 1 aliphatic heterocycles. The monoisotopic (exact) mass is 236 g/mol. The van der Waals surface area contributed by atoms with E-state index >= 15 is 0 Å². The van der Waals surface area contributed by atoms with Crippen molar-refractivity contribution in [2.24, 2.45) is 11.7 Å². The molecule has 2 N–H and O–H groups in total. The van der Waals surface area contributed by atoms with Crippen LogP contribution >= 0.6 is 0 Å². The zero-order valence-corrected chi connectivity index (χ0v) is 10.5. The van der Waals surface area contributed by atoms with Gasteiger partial charge in [-0.05, 0) is 36.5 Å². The Morgan fingerprint density at radius 3 is 2.94 bits per heavy atom. The molecule has 1 aromatic rings. The van der Waals surface area contributed by atoms with Crippen molar-refractivity contribution in [2.45, 2.75) is 32.7 Å². The SMILES string of the molecule is CCC1CCCN(c2ccc(CN)cc2F)C1. The fourth-order valence-electron chi connectivity index (χ4n) is 2.55. The van der Waals surface area contributed by atoms with Gasteiger partial charge in [0.05, 0.1) is 5.69 Å². The van der Waals surface area contributed by atoms with E-state index in [0.29, 0.717) is 12.5 Å². The van der Waals surface area contributed by atoms with E-state index in [-0.39, 0.29) is 5.82 Å². The van der Waals surface area contributed by atoms with E-state index in [9.17, 15) is 4.39 Å². The summed E-state index contributed by atoms with van der Waals surface area (Å²) in [6, 6.07) is 5.36. The van der Waals surface area contributed by atoms with E-state index in [2.05, 4.69) is 11.8 Å². The van der Waals surface area contributed by atoms with Gasteiger partial charge < -0.3 is 10.6 Å². The second-order valence-electron chi connectivity index (χ2n) is 4.85. The Balaban J connectivity index is 2.16. The highest BCUT2D eigenvalue weighted by atomic mass is 19.1. The summed E-state index contributed by atoms with van der Waals surface area (Å²) in [5, 5.41) is 0. The first-order valence-corrected chi connectivity index (χ1v) is 6.48. The molecule has 17 heavy (non-hydrogen) atoms. The highest BCUT2D eigenvalue weighted by molar-refractivity contribution is 5.49. The summed E-state index contributed by atoms with van der Waals surface area (Å²) < 4.78 is 14.0. The number of nitrogens with zero attached hydrogens (tertiary/aromatic N) is 1. The fraction of sp³-hybridized carbons (Fsp3) is 0.571. The first-order valence-electron chi connectivity index (χ1n) is 6.48. The van der Waals surface area contributed by atoms with Crippen molar-refractivity contribution in [1.82, 2.24) is 0 Å². The van der Waals surface area contributed by atoms with Crippen molar-refractivity contribution in [3.05, 3.63) is 29.6 Å². The van der Waals surface area contributed by atoms with Crippen LogP contribution < -0.4 is 10.6 Å². The molecule has 94 valence electrons. The molecule has 1 fully saturated rings. The Morgan fingerprint density at radius 2 is 2.29 bits per heavy atom. The largest absolute Gasteiger partial charge is 0.369 e. The van der Waals surface area contributed by atoms with Gasteiger partial charge in [-0.2, -0.15) is 0 Å². The Morgan fingerprint density at radius 1 is 1.47 bits per heavy atom. The quantitative estimate of drug-likeness (QED) is 0.874. The van der Waals surface area contributed by atoms with Crippen LogP contribution in [0.25, 0.3) is 0 Å². The highest BCUT2D eigenvalue weighted by Gasteiger charge is 2.20. The normalized spacial score (nSPS) is 20.6. The average Bonchev–Trinajstić information content (AvgIpc) is 2.38. The predicted octanol–water partition coefficient (Wildman–Crippen LogP) is 2.91. The number of benzene rings is 1. The summed E-state index contributed by atoms with van der Waals surface area (Å²) in [5.74, 6) is 0.571. The lowest BCUT2D eigenvalue weighted by atomic mass is 9.95. The number of hydrogen-bond acceptors (Lipinski definition) is 2. The molecule has 1 aliphatic rings. The van der Waals surface area contributed by atoms with Crippen LogP contribution in [0.5, 0.6) is 0 Å². The molecule has 0 saturated carbocycles. The molecular formula is C14H21FN2. The maximum absolute atomic E-state index is 14.0. The smallest absolute Gasteiger partial charge is 0.146 e. The fourth-order valence-corrected chi connectivity index (χ4v) is 2.55. The van der Waals surface area contributed by atoms with Gasteiger partial charge in [0.1, 0.15) is 5.82 Å². The van der Waals surface area contributed by atoms with Crippen LogP contribution in [0.1, 0.15) is 31.7 Å². The molecule has 0 aromatic heterocycles. The molecule has 0 spiro atoms. The second kappa shape index (κ2) is 5.50. The third kappa shape index (κ3) is 2.78. The van der Waals surface area contributed by atoms with Gasteiger partial charge in [-0.3, -0.25) is 0 Å². The van der Waals surface area contributed by atoms with Crippen LogP contribution in [-0.4, -0.2) is 13.1 Å². The third-order valence-electron chi connectivity index (χ3n) is 3.68. The molecule has 0 aliphatic carbocycles. The summed E-state index contributed by atoms with van der Waals surface area (Å²) in [5.41, 5.74) is 7.10. The number of piperidine rings is 1. The zero-order valence-electron chi connectivity index (χ0n) is 10.5. The van der Waals surface area contributed by atoms with Crippen LogP contribution in [-0.2, 0) is 6.54 Å². The van der Waals surface area contributed by atoms with Crippen molar-refractivity contribution in [3.8, 4) is 0 Å². The second-order valence-corrected chi connectivity index (χ2v) is 4.85. The molecule has 0 radical (unpaired) electrons. The Labute approximate surface area is 103 Å². The molecule has 1 heterocycles. The van der Waals surface area contributed by atoms with Crippen molar-refractivity contribution in [2.75, 3.05) is 18.0 Å². The van der Waals surface area contributed by atoms with Gasteiger partial charge in [0.25, 0.3) is 0 Å². The molecule has 1 atom stereocenters. The number of nitrogens with two attached hydrogens (primary N) is 1. The van der Waals surface area contributed by atoms with E-state index < -0.39 is 0 Å². The molecule has 2 nitrogen and oxygen atoms in total. The number of rotatable bonds is 3. The molecule has 0 amide bonds. The predicted molar refractivity (Wildman–Crippen MR) is 69.5 cm³/mol. The maximum atomic E-state index is 14.0. The van der Waals surface area contributed by atoms with Gasteiger partial charge in [-0.15, -0.1) is 0 Å². The van der Waals surface area contributed by atoms with Gasteiger partial charge in [-0.25, -0.2) is 4.39 Å². The van der Waals surface area contributed by atoms with E-state index in [4.69, 9.17) is 5.73 Å². The minimum Gasteiger partial charge on any atom is -0.369 e. The summed E-state index contributed by atoms with van der Waals surface area (Å²) in [6.07, 6.45) is 3.62. The van der Waals surface area contributed by atoms with Gasteiger partial charge in [0.2, 0.25) is 0 Å². The van der Waals surface area contributed by atoms with Gasteiger partial charge in [0.15, 0.2) is 0 Å². The Hall–Kier alpha value is -1.09. The van der Waals surface area contributed by atoms with Gasteiger partial charge in [-0.1, -0.05) is 19.4 Å². The minimum absolute atomic E-state index is 0.135. The molecule has 1 saturated heterocycles. The first kappa shape index (κ1) is 12.4. The molecule has 1 aromatic carbocycles. The number of halogens is 1. The topological polar surface area (TPSA) is 29.3 Å². The van der Waals surface area contributed by atoms with E-state index in [1.807, 2.05) is 12.1 Å². The van der Waals surface area contributed by atoms with Crippen LogP contribution in [0.2, 0.25) is 0 Å². The molecule has 2 rings (SSSR count). The first-order chi connectivity index (χ1) is 8.24. The summed E-state index contributed by atoms with van der Waals surface area (Å²) in [7, 11) is 0. The van der Waals surface area contributed by atoms with Crippen LogP contribution in [0.15, 0.2) is 18.2 Å². The lowest BCUT2D eigenvalue weighted by molar-refractivity contribution is 0.401. The maximum Gasteiger partial charge on any atom is 0.146 e. The standard InChI is InChI=1S/C14H21FN2/c1-2-11-4-3-7-17(10-11)14-6-5-12(9-16)8-13(14)15/h5-6,8,11H,2-4,7,9-10,16H2,1H3. The average molecular weight is 236 g/mol. The van der Waals surface area contributed by atoms with Crippen LogP contribution in [0, 0.1) is 11.7 Å². The van der Waals surface area contributed by atoms with E-state index in [1.165, 1.54) is 12.8 Å². The molecule has 1 unspecified atom stereocenters. The van der Waals surface area contributed by atoms with Gasteiger partial charge >= 0.3 is 0 Å². The van der Waals surface area contributed by atoms with Crippen molar-refractivity contribution < 1.29 is 4.39 Å². The number of anilines is 1. The Kier molecular flexibility index (Phi) is 4.00. The summed E-state index contributed by atoms with van der Waals surface area (Å²) in [6.45, 7) is 4.56. The van der Waals surface area contributed by atoms with Crippen molar-refractivity contribution in [3.63, 3.8) is 0 Å². The highest BCUT2D eigenvalue weighted by Crippen LogP contribution is 2.27. The van der Waals surface area contributed by atoms with E-state index in [0.717, 1.165) is 30.8 Å². The van der Waals surface area contributed by atoms with Crippen LogP contribution in [0.3, 0.4) is 0 Å². The molecule has 3 heteroatoms. The zero-order chi connectivity index (χ0) is 12.3. The van der Waals surface area contributed by atoms with Crippen LogP contribution in [0.4, 0.5) is 10.1 Å². The lowest BCUT2D eigenvalue weighted by Gasteiger charge is -2.34. The molecule has 0 bridgehead atoms. The summed E-state index contributed by atoms with van der Waals surface area (Å²) in [4.78, 5) is 2.17. The molecular weight excluding hydrogens is 215 g/mol. The van der Waals surface area contributed by atoms with Crippen molar-refractivity contribution in [1.29, 1.82) is 0 Å². The number of hydrogen-bond donors (Lipinski definition) is 1. The summed E-state index contributed by atoms with van der Waals surface area (Å²) >= 11 is 0. The minimum atomic E-state index is -0.135. The van der Waals surface area contributed by atoms with Crippen molar-refractivity contribution >= 4 is 5.69 Å².